The molecule has 2 rings (SSSR count). The van der Waals surface area contributed by atoms with Gasteiger partial charge >= 0.3 is 0 Å². The van der Waals surface area contributed by atoms with E-state index < -0.39 is 17.6 Å². The number of amides is 2. The van der Waals surface area contributed by atoms with Crippen LogP contribution in [0.3, 0.4) is 0 Å². The number of halogens is 1. The van der Waals surface area contributed by atoms with Gasteiger partial charge in [-0.15, -0.1) is 0 Å². The van der Waals surface area contributed by atoms with Gasteiger partial charge in [-0.1, -0.05) is 42.5 Å². The molecule has 0 heterocycles. The van der Waals surface area contributed by atoms with E-state index in [9.17, 15) is 14.0 Å². The van der Waals surface area contributed by atoms with E-state index in [4.69, 9.17) is 12.2 Å². The number of anilines is 1. The fourth-order valence-electron chi connectivity index (χ4n) is 1.96. The third-order valence-corrected chi connectivity index (χ3v) is 3.28. The Hall–Kier alpha value is -3.26. The van der Waals surface area contributed by atoms with Crippen molar-refractivity contribution in [3.63, 3.8) is 0 Å². The van der Waals surface area contributed by atoms with Crippen LogP contribution in [0.25, 0.3) is 6.08 Å². The second-order valence-corrected chi connectivity index (χ2v) is 5.57. The second kappa shape index (κ2) is 9.28. The number of hydrogen-bond acceptors (Lipinski definition) is 3. The van der Waals surface area contributed by atoms with Crippen molar-refractivity contribution in [2.45, 2.75) is 6.92 Å². The largest absolute Gasteiger partial charge is 0.329 e. The molecule has 2 aromatic rings. The lowest BCUT2D eigenvalue weighted by atomic mass is 10.2. The summed E-state index contributed by atoms with van der Waals surface area (Å²) in [5, 5.41) is 5.07. The highest BCUT2D eigenvalue weighted by Gasteiger charge is 2.12. The van der Waals surface area contributed by atoms with Crippen LogP contribution in [-0.4, -0.2) is 16.9 Å². The molecule has 0 aliphatic heterocycles. The number of carbonyl (C=O) groups is 2. The topological polar surface area (TPSA) is 82.3 Å². The summed E-state index contributed by atoms with van der Waals surface area (Å²) in [5.74, 6) is -1.48. The van der Waals surface area contributed by atoms with E-state index >= 15 is 0 Å². The zero-order chi connectivity index (χ0) is 18.9. The summed E-state index contributed by atoms with van der Waals surface area (Å²) >= 11 is 5.01. The molecule has 0 bridgehead atoms. The van der Waals surface area contributed by atoms with Crippen molar-refractivity contribution in [1.82, 2.24) is 16.2 Å². The van der Waals surface area contributed by atoms with Gasteiger partial charge in [0.1, 0.15) is 11.5 Å². The molecule has 0 spiro atoms. The number of para-hydroxylation sites is 1. The Morgan fingerprint density at radius 2 is 1.65 bits per heavy atom. The van der Waals surface area contributed by atoms with Gasteiger partial charge in [0.25, 0.3) is 5.91 Å². The lowest BCUT2D eigenvalue weighted by Gasteiger charge is -2.13. The van der Waals surface area contributed by atoms with Crippen LogP contribution in [0.5, 0.6) is 0 Å². The van der Waals surface area contributed by atoms with Gasteiger partial charge in [-0.05, 0) is 36.0 Å². The first-order valence-electron chi connectivity index (χ1n) is 7.62. The third kappa shape index (κ3) is 5.99. The lowest BCUT2D eigenvalue weighted by molar-refractivity contribution is -0.122. The van der Waals surface area contributed by atoms with Crippen LogP contribution in [0.2, 0.25) is 0 Å². The minimum absolute atomic E-state index is 0.00895. The highest BCUT2D eigenvalue weighted by Crippen LogP contribution is 2.11. The summed E-state index contributed by atoms with van der Waals surface area (Å²) in [6.45, 7) is 1.30. The lowest BCUT2D eigenvalue weighted by Crippen LogP contribution is -2.46. The fraction of sp³-hybridized carbons (Fsp3) is 0.0556. The number of nitrogens with one attached hydrogen (secondary N) is 4. The van der Waals surface area contributed by atoms with E-state index in [1.807, 2.05) is 6.07 Å². The van der Waals surface area contributed by atoms with Crippen molar-refractivity contribution >= 4 is 40.9 Å². The van der Waals surface area contributed by atoms with Gasteiger partial charge in [0.15, 0.2) is 5.11 Å². The van der Waals surface area contributed by atoms with Crippen molar-refractivity contribution in [3.8, 4) is 0 Å². The van der Waals surface area contributed by atoms with E-state index in [-0.39, 0.29) is 16.5 Å². The Morgan fingerprint density at radius 3 is 2.31 bits per heavy atom. The van der Waals surface area contributed by atoms with Gasteiger partial charge in [-0.3, -0.25) is 20.4 Å². The van der Waals surface area contributed by atoms with Gasteiger partial charge in [0.05, 0.1) is 5.69 Å². The summed E-state index contributed by atoms with van der Waals surface area (Å²) in [7, 11) is 0. The van der Waals surface area contributed by atoms with E-state index in [1.54, 1.807) is 36.4 Å². The zero-order valence-electron chi connectivity index (χ0n) is 13.9. The van der Waals surface area contributed by atoms with Crippen LogP contribution in [0.1, 0.15) is 12.5 Å². The smallest absolute Gasteiger partial charge is 0.286 e. The summed E-state index contributed by atoms with van der Waals surface area (Å²) in [6, 6.07) is 15.0. The van der Waals surface area contributed by atoms with E-state index in [0.29, 0.717) is 0 Å². The van der Waals surface area contributed by atoms with Gasteiger partial charge in [-0.25, -0.2) is 4.39 Å². The average Bonchev–Trinajstić information content (AvgIpc) is 2.61. The maximum absolute atomic E-state index is 13.6. The fourth-order valence-corrected chi connectivity index (χ4v) is 2.12. The first-order valence-corrected chi connectivity index (χ1v) is 8.02. The Kier molecular flexibility index (Phi) is 6.81. The first kappa shape index (κ1) is 19.1. The third-order valence-electron chi connectivity index (χ3n) is 3.08. The molecule has 0 atom stereocenters. The summed E-state index contributed by atoms with van der Waals surface area (Å²) < 4.78 is 13.6. The molecule has 2 aromatic carbocycles. The highest BCUT2D eigenvalue weighted by molar-refractivity contribution is 7.80. The molecule has 0 unspecified atom stereocenters. The molecule has 0 saturated carbocycles. The molecular weight excluding hydrogens is 355 g/mol. The molecule has 0 aliphatic rings. The molecule has 26 heavy (non-hydrogen) atoms. The van der Waals surface area contributed by atoms with Gasteiger partial charge in [0.2, 0.25) is 5.91 Å². The Labute approximate surface area is 155 Å². The molecule has 0 saturated heterocycles. The van der Waals surface area contributed by atoms with Crippen LogP contribution in [0.15, 0.2) is 60.3 Å². The maximum atomic E-state index is 13.6. The van der Waals surface area contributed by atoms with Crippen LogP contribution in [-0.2, 0) is 9.59 Å². The summed E-state index contributed by atoms with van der Waals surface area (Å²) in [5.41, 5.74) is 5.74. The number of thiocarbonyl (C=S) groups is 1. The number of hydrazine groups is 1. The Bertz CT molecular complexity index is 840. The van der Waals surface area contributed by atoms with Crippen molar-refractivity contribution < 1.29 is 14.0 Å². The number of carbonyl (C=O) groups excluding carboxylic acids is 2. The number of benzene rings is 2. The number of rotatable bonds is 4. The van der Waals surface area contributed by atoms with E-state index in [0.717, 1.165) is 5.56 Å². The quantitative estimate of drug-likeness (QED) is 0.376. The molecule has 0 radical (unpaired) electrons. The van der Waals surface area contributed by atoms with Crippen LogP contribution >= 0.6 is 12.2 Å². The van der Waals surface area contributed by atoms with Crippen molar-refractivity contribution in [2.24, 2.45) is 0 Å². The average molecular weight is 372 g/mol. The van der Waals surface area contributed by atoms with E-state index in [1.165, 1.54) is 25.1 Å². The molecule has 0 aromatic heterocycles. The van der Waals surface area contributed by atoms with Gasteiger partial charge in [-0.2, -0.15) is 0 Å². The monoisotopic (exact) mass is 372 g/mol. The Morgan fingerprint density at radius 1 is 1.00 bits per heavy atom. The van der Waals surface area contributed by atoms with Crippen LogP contribution in [0, 0.1) is 5.82 Å². The first-order chi connectivity index (χ1) is 12.5. The normalized spacial score (nSPS) is 10.6. The minimum atomic E-state index is -0.610. The summed E-state index contributed by atoms with van der Waals surface area (Å²) in [4.78, 5) is 23.6. The summed E-state index contributed by atoms with van der Waals surface area (Å²) in [6.07, 6.45) is 1.52. The van der Waals surface area contributed by atoms with Gasteiger partial charge < -0.3 is 10.6 Å². The molecule has 6 nitrogen and oxygen atoms in total. The predicted octanol–water partition coefficient (Wildman–Crippen LogP) is 2.32. The molecular formula is C18H17FN4O2S. The molecule has 0 fully saturated rings. The Balaban J connectivity index is 2.00. The van der Waals surface area contributed by atoms with E-state index in [2.05, 4.69) is 21.5 Å². The number of hydrogen-bond donors (Lipinski definition) is 4. The highest BCUT2D eigenvalue weighted by atomic mass is 32.1. The van der Waals surface area contributed by atoms with Crippen molar-refractivity contribution in [2.75, 3.05) is 5.32 Å². The minimum Gasteiger partial charge on any atom is -0.329 e. The zero-order valence-corrected chi connectivity index (χ0v) is 14.7. The van der Waals surface area contributed by atoms with Crippen molar-refractivity contribution in [1.29, 1.82) is 0 Å². The molecule has 0 aliphatic carbocycles. The SMILES string of the molecule is CC(=O)N/C(=C\c1ccccc1)C(=O)NNC(=S)Nc1ccccc1F. The maximum Gasteiger partial charge on any atom is 0.286 e. The van der Waals surface area contributed by atoms with Crippen LogP contribution < -0.4 is 21.5 Å². The molecule has 4 N–H and O–H groups in total. The van der Waals surface area contributed by atoms with Crippen LogP contribution in [0.4, 0.5) is 10.1 Å². The predicted molar refractivity (Wildman–Crippen MR) is 102 cm³/mol. The molecule has 2 amide bonds. The molecule has 134 valence electrons. The van der Waals surface area contributed by atoms with Crippen molar-refractivity contribution in [3.05, 3.63) is 71.7 Å². The second-order valence-electron chi connectivity index (χ2n) is 5.16. The van der Waals surface area contributed by atoms with Gasteiger partial charge in [0, 0.05) is 6.92 Å². The standard InChI is InChI=1S/C18H17FN4O2S/c1-12(24)20-16(11-13-7-3-2-4-8-13)17(25)22-23-18(26)21-15-10-6-5-9-14(15)19/h2-11H,1H3,(H,20,24)(H,22,25)(H2,21,23,26)/b16-11-. The molecule has 8 heteroatoms.